The highest BCUT2D eigenvalue weighted by Crippen LogP contribution is 2.35. The Balaban J connectivity index is 1.68. The molecule has 2 aliphatic rings. The fourth-order valence-electron chi connectivity index (χ4n) is 3.14. The molecule has 3 rings (SSSR count). The van der Waals surface area contributed by atoms with Gasteiger partial charge in [0.05, 0.1) is 17.5 Å². The van der Waals surface area contributed by atoms with Crippen LogP contribution >= 0.6 is 11.6 Å². The van der Waals surface area contributed by atoms with E-state index in [-0.39, 0.29) is 30.1 Å². The topological polar surface area (TPSA) is 66.5 Å². The fourth-order valence-corrected chi connectivity index (χ4v) is 4.69. The van der Waals surface area contributed by atoms with Crippen LogP contribution in [-0.4, -0.2) is 43.9 Å². The minimum Gasteiger partial charge on any atom is -0.331 e. The van der Waals surface area contributed by atoms with Crippen LogP contribution in [0.4, 0.5) is 4.79 Å². The van der Waals surface area contributed by atoms with Gasteiger partial charge >= 0.3 is 6.03 Å². The number of hydrogen-bond acceptors (Lipinski definition) is 3. The van der Waals surface area contributed by atoms with E-state index in [0.717, 1.165) is 29.0 Å². The summed E-state index contributed by atoms with van der Waals surface area (Å²) in [5.41, 5.74) is 2.18. The van der Waals surface area contributed by atoms with Crippen LogP contribution in [0, 0.1) is 0 Å². The molecule has 1 aromatic rings. The molecule has 2 amide bonds. The van der Waals surface area contributed by atoms with Gasteiger partial charge in [0, 0.05) is 18.1 Å². The number of benzene rings is 1. The molecular weight excluding hydrogens is 324 g/mol. The number of carbonyl (C=O) groups excluding carboxylic acids is 1. The molecule has 22 heavy (non-hydrogen) atoms. The number of urea groups is 1. The Hall–Kier alpha value is -1.27. The van der Waals surface area contributed by atoms with Crippen molar-refractivity contribution in [1.29, 1.82) is 0 Å². The predicted octanol–water partition coefficient (Wildman–Crippen LogP) is 2.16. The first-order valence-electron chi connectivity index (χ1n) is 7.49. The first-order chi connectivity index (χ1) is 10.5. The van der Waals surface area contributed by atoms with E-state index < -0.39 is 9.84 Å². The summed E-state index contributed by atoms with van der Waals surface area (Å²) in [6, 6.07) is 5.52. The SMILES string of the molecule is O=C(NC1CCc2c(Cl)cccc21)N1CCCS(=O)(=O)CC1. The maximum absolute atomic E-state index is 12.4. The van der Waals surface area contributed by atoms with E-state index in [9.17, 15) is 13.2 Å². The standard InChI is InChI=1S/C15H19ClN2O3S/c16-13-4-1-3-12-11(13)5-6-14(12)17-15(19)18-7-2-9-22(20,21)10-8-18/h1,3-4,14H,2,5-10H2,(H,17,19). The second-order valence-electron chi connectivity index (χ2n) is 5.84. The van der Waals surface area contributed by atoms with E-state index in [1.165, 1.54) is 0 Å². The van der Waals surface area contributed by atoms with Crippen molar-refractivity contribution in [2.24, 2.45) is 0 Å². The third-order valence-corrected chi connectivity index (χ3v) is 6.42. The zero-order chi connectivity index (χ0) is 15.7. The Morgan fingerprint density at radius 3 is 2.91 bits per heavy atom. The van der Waals surface area contributed by atoms with Crippen LogP contribution in [0.15, 0.2) is 18.2 Å². The average Bonchev–Trinajstić information content (AvgIpc) is 2.77. The summed E-state index contributed by atoms with van der Waals surface area (Å²) in [7, 11) is -3.01. The Labute approximate surface area is 135 Å². The van der Waals surface area contributed by atoms with Gasteiger partial charge in [-0.05, 0) is 36.5 Å². The highest BCUT2D eigenvalue weighted by Gasteiger charge is 2.28. The molecule has 1 aliphatic carbocycles. The van der Waals surface area contributed by atoms with Gasteiger partial charge in [0.1, 0.15) is 0 Å². The number of fused-ring (bicyclic) bond motifs is 1. The second kappa shape index (κ2) is 6.08. The predicted molar refractivity (Wildman–Crippen MR) is 85.9 cm³/mol. The third-order valence-electron chi connectivity index (χ3n) is 4.35. The zero-order valence-corrected chi connectivity index (χ0v) is 13.8. The lowest BCUT2D eigenvalue weighted by Crippen LogP contribution is -2.42. The number of rotatable bonds is 1. The number of nitrogens with zero attached hydrogens (tertiary/aromatic N) is 1. The number of carbonyl (C=O) groups is 1. The Bertz CT molecular complexity index is 690. The molecule has 5 nitrogen and oxygen atoms in total. The van der Waals surface area contributed by atoms with Crippen molar-refractivity contribution in [2.45, 2.75) is 25.3 Å². The molecule has 1 aliphatic heterocycles. The van der Waals surface area contributed by atoms with Crippen LogP contribution in [0.3, 0.4) is 0 Å². The van der Waals surface area contributed by atoms with Crippen LogP contribution in [0.2, 0.25) is 5.02 Å². The molecule has 1 atom stereocenters. The number of nitrogens with one attached hydrogen (secondary N) is 1. The summed E-state index contributed by atoms with van der Waals surface area (Å²) in [5, 5.41) is 3.77. The molecule has 0 saturated carbocycles. The maximum Gasteiger partial charge on any atom is 0.317 e. The van der Waals surface area contributed by atoms with E-state index in [4.69, 9.17) is 11.6 Å². The average molecular weight is 343 g/mol. The van der Waals surface area contributed by atoms with Crippen LogP contribution in [0.1, 0.15) is 30.0 Å². The monoisotopic (exact) mass is 342 g/mol. The summed E-state index contributed by atoms with van der Waals surface area (Å²) >= 11 is 6.18. The first-order valence-corrected chi connectivity index (χ1v) is 9.69. The second-order valence-corrected chi connectivity index (χ2v) is 8.55. The van der Waals surface area contributed by atoms with Crippen molar-refractivity contribution in [1.82, 2.24) is 10.2 Å². The molecule has 1 saturated heterocycles. The Kier molecular flexibility index (Phi) is 4.32. The molecule has 1 heterocycles. The van der Waals surface area contributed by atoms with Gasteiger partial charge in [-0.3, -0.25) is 0 Å². The van der Waals surface area contributed by atoms with Gasteiger partial charge in [0.15, 0.2) is 9.84 Å². The highest BCUT2D eigenvalue weighted by molar-refractivity contribution is 7.91. The lowest BCUT2D eigenvalue weighted by molar-refractivity contribution is 0.197. The summed E-state index contributed by atoms with van der Waals surface area (Å²) in [4.78, 5) is 14.0. The van der Waals surface area contributed by atoms with Crippen molar-refractivity contribution in [2.75, 3.05) is 24.6 Å². The summed E-state index contributed by atoms with van der Waals surface area (Å²) < 4.78 is 23.2. The molecule has 1 aromatic carbocycles. The van der Waals surface area contributed by atoms with Gasteiger partial charge in [0.2, 0.25) is 0 Å². The van der Waals surface area contributed by atoms with Crippen molar-refractivity contribution in [3.05, 3.63) is 34.3 Å². The fraction of sp³-hybridized carbons (Fsp3) is 0.533. The van der Waals surface area contributed by atoms with Crippen molar-refractivity contribution in [3.8, 4) is 0 Å². The first kappa shape index (κ1) is 15.6. The van der Waals surface area contributed by atoms with Crippen molar-refractivity contribution < 1.29 is 13.2 Å². The summed E-state index contributed by atoms with van der Waals surface area (Å²) in [6.07, 6.45) is 2.19. The number of amides is 2. The van der Waals surface area contributed by atoms with E-state index in [1.807, 2.05) is 18.2 Å². The van der Waals surface area contributed by atoms with Gasteiger partial charge in [-0.2, -0.15) is 0 Å². The van der Waals surface area contributed by atoms with Gasteiger partial charge in [0.25, 0.3) is 0 Å². The van der Waals surface area contributed by atoms with E-state index in [1.54, 1.807) is 4.90 Å². The Morgan fingerprint density at radius 2 is 2.09 bits per heavy atom. The molecule has 1 unspecified atom stereocenters. The lowest BCUT2D eigenvalue weighted by Gasteiger charge is -2.23. The minimum atomic E-state index is -3.01. The molecule has 0 aromatic heterocycles. The van der Waals surface area contributed by atoms with Crippen LogP contribution < -0.4 is 5.32 Å². The van der Waals surface area contributed by atoms with Gasteiger partial charge in [-0.25, -0.2) is 13.2 Å². The van der Waals surface area contributed by atoms with Crippen LogP contribution in [0.5, 0.6) is 0 Å². The Morgan fingerprint density at radius 1 is 1.27 bits per heavy atom. The summed E-state index contributed by atoms with van der Waals surface area (Å²) in [5.74, 6) is 0.214. The van der Waals surface area contributed by atoms with Crippen molar-refractivity contribution in [3.63, 3.8) is 0 Å². The van der Waals surface area contributed by atoms with E-state index >= 15 is 0 Å². The lowest BCUT2D eigenvalue weighted by atomic mass is 10.1. The van der Waals surface area contributed by atoms with Crippen molar-refractivity contribution >= 4 is 27.5 Å². The van der Waals surface area contributed by atoms with Gasteiger partial charge in [-0.1, -0.05) is 23.7 Å². The number of hydrogen-bond donors (Lipinski definition) is 1. The minimum absolute atomic E-state index is 0.0407. The molecule has 0 bridgehead atoms. The quantitative estimate of drug-likeness (QED) is 0.850. The molecule has 7 heteroatoms. The third kappa shape index (κ3) is 3.22. The zero-order valence-electron chi connectivity index (χ0n) is 12.2. The smallest absolute Gasteiger partial charge is 0.317 e. The largest absolute Gasteiger partial charge is 0.331 e. The number of halogens is 1. The molecule has 0 radical (unpaired) electrons. The van der Waals surface area contributed by atoms with Crippen LogP contribution in [0.25, 0.3) is 0 Å². The highest BCUT2D eigenvalue weighted by atomic mass is 35.5. The normalized spacial score (nSPS) is 23.7. The molecule has 1 fully saturated rings. The van der Waals surface area contributed by atoms with Crippen LogP contribution in [-0.2, 0) is 16.3 Å². The number of sulfone groups is 1. The van der Waals surface area contributed by atoms with Gasteiger partial charge in [-0.15, -0.1) is 0 Å². The summed E-state index contributed by atoms with van der Waals surface area (Å²) in [6.45, 7) is 0.753. The van der Waals surface area contributed by atoms with E-state index in [0.29, 0.717) is 13.0 Å². The van der Waals surface area contributed by atoms with E-state index in [2.05, 4.69) is 5.32 Å². The molecular formula is C15H19ClN2O3S. The van der Waals surface area contributed by atoms with Gasteiger partial charge < -0.3 is 10.2 Å². The maximum atomic E-state index is 12.4. The molecule has 0 spiro atoms. The molecule has 1 N–H and O–H groups in total. The molecule has 120 valence electrons.